The molecule has 9 nitrogen and oxygen atoms in total. The Bertz CT molecular complexity index is 431. The van der Waals surface area contributed by atoms with Crippen LogP contribution in [-0.4, -0.2) is 86.5 Å². The molecule has 0 bridgehead atoms. The van der Waals surface area contributed by atoms with Crippen LogP contribution in [0.5, 0.6) is 0 Å². The molecule has 5 N–H and O–H groups in total. The molecule has 3 unspecified atom stereocenters. The summed E-state index contributed by atoms with van der Waals surface area (Å²) in [6.07, 6.45) is -4.93. The zero-order valence-electron chi connectivity index (χ0n) is 11.7. The highest BCUT2D eigenvalue weighted by Crippen LogP contribution is 2.30. The van der Waals surface area contributed by atoms with Gasteiger partial charge in [0.25, 0.3) is 0 Å². The first-order chi connectivity index (χ1) is 10.5. The minimum absolute atomic E-state index is 0.447. The number of nitrogens with zero attached hydrogens (tertiary/aromatic N) is 1. The van der Waals surface area contributed by atoms with Crippen molar-refractivity contribution in [1.29, 1.82) is 0 Å². The van der Waals surface area contributed by atoms with E-state index in [2.05, 4.69) is 9.99 Å². The Morgan fingerprint density at radius 2 is 1.95 bits per heavy atom. The van der Waals surface area contributed by atoms with Gasteiger partial charge in [0.1, 0.15) is 48.1 Å². The predicted octanol–water partition coefficient (Wildman–Crippen LogP) is -2.25. The van der Waals surface area contributed by atoms with Crippen LogP contribution < -0.4 is 0 Å². The van der Waals surface area contributed by atoms with Gasteiger partial charge in [0.2, 0.25) is 0 Å². The molecular formula is C12H19NO8S. The zero-order chi connectivity index (χ0) is 16.3. The highest BCUT2D eigenvalue weighted by molar-refractivity contribution is 8.14. The fourth-order valence-corrected chi connectivity index (χ4v) is 2.97. The molecule has 0 aromatic heterocycles. The highest BCUT2D eigenvalue weighted by atomic mass is 32.2. The van der Waals surface area contributed by atoms with E-state index in [-0.39, 0.29) is 0 Å². The molecule has 1 fully saturated rings. The van der Waals surface area contributed by atoms with Gasteiger partial charge in [-0.2, -0.15) is 0 Å². The summed E-state index contributed by atoms with van der Waals surface area (Å²) < 4.78 is 10.7. The van der Waals surface area contributed by atoms with Crippen LogP contribution in [-0.2, 0) is 14.3 Å². The van der Waals surface area contributed by atoms with Gasteiger partial charge in [-0.15, -0.1) is 0 Å². The maximum Gasteiger partial charge on any atom is 0.188 e. The van der Waals surface area contributed by atoms with E-state index in [1.165, 1.54) is 13.2 Å². The molecule has 0 spiro atoms. The fourth-order valence-electron chi connectivity index (χ4n) is 2.06. The smallest absolute Gasteiger partial charge is 0.188 e. The first-order valence-electron chi connectivity index (χ1n) is 6.58. The molecule has 7 atom stereocenters. The molecule has 0 radical (unpaired) electrons. The maximum absolute atomic E-state index is 9.90. The van der Waals surface area contributed by atoms with Crippen LogP contribution >= 0.6 is 11.8 Å². The van der Waals surface area contributed by atoms with Crippen molar-refractivity contribution in [2.24, 2.45) is 5.16 Å². The Kier molecular flexibility index (Phi) is 6.17. The van der Waals surface area contributed by atoms with Gasteiger partial charge in [-0.25, -0.2) is 0 Å². The summed E-state index contributed by atoms with van der Waals surface area (Å²) in [7, 11) is 1.37. The van der Waals surface area contributed by atoms with Gasteiger partial charge in [-0.3, -0.25) is 0 Å². The number of thioether (sulfide) groups is 1. The van der Waals surface area contributed by atoms with Crippen LogP contribution in [0.1, 0.15) is 0 Å². The van der Waals surface area contributed by atoms with Gasteiger partial charge in [0.05, 0.1) is 6.61 Å². The molecule has 10 heteroatoms. The average molecular weight is 337 g/mol. The van der Waals surface area contributed by atoms with Crippen molar-refractivity contribution in [3.05, 3.63) is 12.2 Å². The summed E-state index contributed by atoms with van der Waals surface area (Å²) >= 11 is 1.04. The highest BCUT2D eigenvalue weighted by Gasteiger charge is 2.45. The third-order valence-electron chi connectivity index (χ3n) is 3.25. The van der Waals surface area contributed by atoms with E-state index in [1.54, 1.807) is 6.08 Å². The second kappa shape index (κ2) is 7.70. The molecule has 1 saturated heterocycles. The van der Waals surface area contributed by atoms with Gasteiger partial charge >= 0.3 is 0 Å². The van der Waals surface area contributed by atoms with E-state index >= 15 is 0 Å². The number of hydrogen-bond acceptors (Lipinski definition) is 10. The Morgan fingerprint density at radius 3 is 2.59 bits per heavy atom. The first kappa shape index (κ1) is 17.6. The lowest BCUT2D eigenvalue weighted by Crippen LogP contribution is -2.60. The lowest BCUT2D eigenvalue weighted by atomic mass is 9.99. The lowest BCUT2D eigenvalue weighted by Gasteiger charge is -2.41. The molecule has 0 aromatic rings. The van der Waals surface area contributed by atoms with Gasteiger partial charge in [-0.1, -0.05) is 16.9 Å². The van der Waals surface area contributed by atoms with Crippen LogP contribution in [0, 0.1) is 0 Å². The molecule has 126 valence electrons. The lowest BCUT2D eigenvalue weighted by molar-refractivity contribution is -0.307. The summed E-state index contributed by atoms with van der Waals surface area (Å²) in [6.45, 7) is -0.554. The van der Waals surface area contributed by atoms with Gasteiger partial charge in [0, 0.05) is 0 Å². The van der Waals surface area contributed by atoms with Crippen molar-refractivity contribution >= 4 is 16.8 Å². The van der Waals surface area contributed by atoms with Crippen LogP contribution in [0.15, 0.2) is 17.3 Å². The molecule has 22 heavy (non-hydrogen) atoms. The van der Waals surface area contributed by atoms with Crippen LogP contribution in [0.2, 0.25) is 0 Å². The van der Waals surface area contributed by atoms with Gasteiger partial charge in [0.15, 0.2) is 6.29 Å². The standard InChI is InChI=1S/C12H19NO8S/c1-19-13-7-3-2-5(15)12(22-7)21-11-10(18)9(17)8(16)6(4-14)20-11/h2-3,5-6,8-12,14-18H,4H2,1H3/b13-7-/t5-,6?,8-,9?,10+,11?,12-/m1/s1. The minimum atomic E-state index is -1.54. The van der Waals surface area contributed by atoms with Gasteiger partial charge < -0.3 is 39.8 Å². The third kappa shape index (κ3) is 3.78. The monoisotopic (exact) mass is 337 g/mol. The number of aliphatic hydroxyl groups excluding tert-OH is 5. The molecule has 0 aliphatic carbocycles. The summed E-state index contributed by atoms with van der Waals surface area (Å²) in [4.78, 5) is 4.63. The van der Waals surface area contributed by atoms with Crippen molar-refractivity contribution in [1.82, 2.24) is 0 Å². The Labute approximate surface area is 130 Å². The van der Waals surface area contributed by atoms with Crippen molar-refractivity contribution < 1.29 is 39.8 Å². The number of aliphatic hydroxyl groups is 5. The third-order valence-corrected chi connectivity index (χ3v) is 4.32. The predicted molar refractivity (Wildman–Crippen MR) is 75.8 cm³/mol. The van der Waals surface area contributed by atoms with Crippen LogP contribution in [0.3, 0.4) is 0 Å². The van der Waals surface area contributed by atoms with Crippen LogP contribution in [0.4, 0.5) is 0 Å². The van der Waals surface area contributed by atoms with E-state index < -0.39 is 48.9 Å². The molecular weight excluding hydrogens is 318 g/mol. The second-order valence-electron chi connectivity index (χ2n) is 4.78. The van der Waals surface area contributed by atoms with Crippen molar-refractivity contribution in [2.75, 3.05) is 13.7 Å². The molecule has 2 aliphatic rings. The summed E-state index contributed by atoms with van der Waals surface area (Å²) in [5.41, 5.74) is -0.861. The van der Waals surface area contributed by atoms with Crippen molar-refractivity contribution in [3.63, 3.8) is 0 Å². The van der Waals surface area contributed by atoms with E-state index in [9.17, 15) is 20.4 Å². The summed E-state index contributed by atoms with van der Waals surface area (Å²) in [5.74, 6) is 0. The zero-order valence-corrected chi connectivity index (χ0v) is 12.5. The Morgan fingerprint density at radius 1 is 1.23 bits per heavy atom. The quantitative estimate of drug-likeness (QED) is 0.360. The van der Waals surface area contributed by atoms with Crippen molar-refractivity contribution in [2.45, 2.75) is 42.2 Å². The number of rotatable bonds is 4. The molecule has 2 rings (SSSR count). The normalized spacial score (nSPS) is 44.3. The van der Waals surface area contributed by atoms with E-state index in [1.807, 2.05) is 0 Å². The Hall–Kier alpha value is -0.720. The Balaban J connectivity index is 2.05. The first-order valence-corrected chi connectivity index (χ1v) is 7.46. The number of ether oxygens (including phenoxy) is 2. The molecule has 0 saturated carbocycles. The number of hydrogen-bond donors (Lipinski definition) is 5. The molecule has 2 aliphatic heterocycles. The topological polar surface area (TPSA) is 141 Å². The van der Waals surface area contributed by atoms with E-state index in [4.69, 9.17) is 14.6 Å². The van der Waals surface area contributed by atoms with Crippen LogP contribution in [0.25, 0.3) is 0 Å². The summed E-state index contributed by atoms with van der Waals surface area (Å²) in [5, 5.41) is 52.5. The molecule has 2 heterocycles. The van der Waals surface area contributed by atoms with Crippen molar-refractivity contribution in [3.8, 4) is 0 Å². The van der Waals surface area contributed by atoms with Gasteiger partial charge in [-0.05, 0) is 12.2 Å². The summed E-state index contributed by atoms with van der Waals surface area (Å²) in [6, 6.07) is 0. The average Bonchev–Trinajstić information content (AvgIpc) is 2.51. The van der Waals surface area contributed by atoms with E-state index in [0.717, 1.165) is 11.8 Å². The SMILES string of the molecule is CO/N=C1/C=C[C@@H](O)[C@H](OC2OC(CO)[C@@H](O)C(O)[C@@H]2O)S1. The second-order valence-corrected chi connectivity index (χ2v) is 5.90. The minimum Gasteiger partial charge on any atom is -0.398 e. The number of oxime groups is 1. The fraction of sp³-hybridized carbons (Fsp3) is 0.750. The van der Waals surface area contributed by atoms with E-state index in [0.29, 0.717) is 5.04 Å². The largest absolute Gasteiger partial charge is 0.398 e. The molecule has 0 amide bonds. The molecule has 0 aromatic carbocycles. The maximum atomic E-state index is 9.90.